The van der Waals surface area contributed by atoms with Crippen molar-refractivity contribution >= 4 is 28.6 Å². The lowest BCUT2D eigenvalue weighted by Gasteiger charge is -2.27. The number of rotatable bonds is 5. The Morgan fingerprint density at radius 2 is 2.16 bits per heavy atom. The summed E-state index contributed by atoms with van der Waals surface area (Å²) in [7, 11) is 0. The summed E-state index contributed by atoms with van der Waals surface area (Å²) in [5.74, 6) is 1.04. The van der Waals surface area contributed by atoms with Gasteiger partial charge < -0.3 is 14.5 Å². The molecular weight excluding hydrogens is 357 g/mol. The van der Waals surface area contributed by atoms with Gasteiger partial charge in [-0.1, -0.05) is 0 Å². The number of ether oxygens (including phenoxy) is 1. The maximum atomic E-state index is 11.6. The topological polar surface area (TPSA) is 51.5 Å². The molecule has 1 saturated carbocycles. The van der Waals surface area contributed by atoms with E-state index in [1.54, 1.807) is 0 Å². The molecule has 4 nitrogen and oxygen atoms in total. The van der Waals surface area contributed by atoms with E-state index in [-0.39, 0.29) is 11.9 Å². The molecule has 106 valence electrons. The lowest BCUT2D eigenvalue weighted by atomic mass is 9.86. The average molecular weight is 377 g/mol. The molecule has 1 aromatic heterocycles. The molecule has 0 amide bonds. The maximum absolute atomic E-state index is 11.6. The normalized spacial score (nSPS) is 23.3. The van der Waals surface area contributed by atoms with Gasteiger partial charge in [0.05, 0.1) is 19.1 Å². The summed E-state index contributed by atoms with van der Waals surface area (Å²) in [4.78, 5) is 11.6. The average Bonchev–Trinajstić information content (AvgIpc) is 2.83. The molecule has 1 aliphatic carbocycles. The van der Waals surface area contributed by atoms with Crippen LogP contribution in [0.4, 0.5) is 0 Å². The zero-order valence-corrected chi connectivity index (χ0v) is 13.3. The second-order valence-corrected chi connectivity index (χ2v) is 5.95. The lowest BCUT2D eigenvalue weighted by molar-refractivity contribution is -0.149. The summed E-state index contributed by atoms with van der Waals surface area (Å²) in [5.41, 5.74) is 0. The molecule has 0 spiro atoms. The van der Waals surface area contributed by atoms with Crippen LogP contribution in [0.1, 0.15) is 38.4 Å². The molecule has 0 saturated heterocycles. The van der Waals surface area contributed by atoms with Crippen molar-refractivity contribution < 1.29 is 13.9 Å². The predicted molar refractivity (Wildman–Crippen MR) is 80.6 cm³/mol. The number of hydrogen-bond acceptors (Lipinski definition) is 4. The summed E-state index contributed by atoms with van der Waals surface area (Å²) < 4.78 is 11.5. The molecule has 2 rings (SSSR count). The molecule has 1 aromatic rings. The van der Waals surface area contributed by atoms with Crippen LogP contribution in [0.5, 0.6) is 0 Å². The van der Waals surface area contributed by atoms with Crippen LogP contribution in [0, 0.1) is 9.68 Å². The van der Waals surface area contributed by atoms with Crippen LogP contribution in [0.3, 0.4) is 0 Å². The van der Waals surface area contributed by atoms with E-state index in [0.29, 0.717) is 12.6 Å². The van der Waals surface area contributed by atoms with Crippen LogP contribution in [-0.2, 0) is 16.1 Å². The third-order valence-corrected chi connectivity index (χ3v) is 4.12. The van der Waals surface area contributed by atoms with Crippen molar-refractivity contribution in [3.63, 3.8) is 0 Å². The summed E-state index contributed by atoms with van der Waals surface area (Å²) in [6, 6.07) is 4.45. The molecule has 0 radical (unpaired) electrons. The van der Waals surface area contributed by atoms with Gasteiger partial charge in [-0.3, -0.25) is 4.79 Å². The minimum Gasteiger partial charge on any atom is -0.466 e. The van der Waals surface area contributed by atoms with Gasteiger partial charge in [-0.15, -0.1) is 0 Å². The third-order valence-electron chi connectivity index (χ3n) is 3.54. The number of nitrogens with one attached hydrogen (secondary N) is 1. The number of carbonyl (C=O) groups is 1. The largest absolute Gasteiger partial charge is 0.466 e. The van der Waals surface area contributed by atoms with Gasteiger partial charge in [0, 0.05) is 6.04 Å². The number of carbonyl (C=O) groups excluding carboxylic acids is 1. The van der Waals surface area contributed by atoms with Gasteiger partial charge in [0.2, 0.25) is 0 Å². The van der Waals surface area contributed by atoms with Gasteiger partial charge in [-0.05, 0) is 67.3 Å². The molecule has 19 heavy (non-hydrogen) atoms. The molecule has 0 aromatic carbocycles. The first-order valence-corrected chi connectivity index (χ1v) is 7.91. The van der Waals surface area contributed by atoms with Crippen molar-refractivity contribution in [2.75, 3.05) is 6.61 Å². The highest BCUT2D eigenvalue weighted by Gasteiger charge is 2.26. The highest BCUT2D eigenvalue weighted by atomic mass is 127. The number of halogens is 1. The Balaban J connectivity index is 1.70. The lowest BCUT2D eigenvalue weighted by Crippen LogP contribution is -2.35. The van der Waals surface area contributed by atoms with E-state index in [1.165, 1.54) is 0 Å². The van der Waals surface area contributed by atoms with Crippen molar-refractivity contribution in [2.24, 2.45) is 5.92 Å². The van der Waals surface area contributed by atoms with Crippen LogP contribution in [0.2, 0.25) is 0 Å². The number of furan rings is 1. The first kappa shape index (κ1) is 14.8. The Hall–Kier alpha value is -0.560. The maximum Gasteiger partial charge on any atom is 0.308 e. The molecule has 1 heterocycles. The molecule has 1 fully saturated rings. The standard InChI is InChI=1S/C14H20INO3/c1-2-18-14(17)10-3-5-11(6-4-10)16-9-12-7-8-13(15)19-12/h7-8,10-11,16H,2-6,9H2,1H3. The Labute approximate surface area is 127 Å². The Kier molecular flexibility index (Phi) is 5.69. The number of hydrogen-bond donors (Lipinski definition) is 1. The number of esters is 1. The van der Waals surface area contributed by atoms with Crippen molar-refractivity contribution in [3.8, 4) is 0 Å². The van der Waals surface area contributed by atoms with E-state index in [0.717, 1.165) is 41.8 Å². The van der Waals surface area contributed by atoms with Crippen LogP contribution < -0.4 is 5.32 Å². The first-order chi connectivity index (χ1) is 9.19. The molecule has 0 unspecified atom stereocenters. The molecule has 0 bridgehead atoms. The summed E-state index contributed by atoms with van der Waals surface area (Å²) in [5, 5.41) is 3.49. The molecule has 0 atom stereocenters. The quantitative estimate of drug-likeness (QED) is 0.633. The van der Waals surface area contributed by atoms with Gasteiger partial charge in [-0.2, -0.15) is 0 Å². The van der Waals surface area contributed by atoms with Crippen molar-refractivity contribution in [2.45, 2.75) is 45.2 Å². The van der Waals surface area contributed by atoms with E-state index < -0.39 is 0 Å². The highest BCUT2D eigenvalue weighted by molar-refractivity contribution is 14.1. The Morgan fingerprint density at radius 3 is 2.74 bits per heavy atom. The van der Waals surface area contributed by atoms with Crippen LogP contribution in [0.25, 0.3) is 0 Å². The Morgan fingerprint density at radius 1 is 1.42 bits per heavy atom. The molecule has 1 aliphatic rings. The second kappa shape index (κ2) is 7.28. The van der Waals surface area contributed by atoms with E-state index >= 15 is 0 Å². The molecule has 5 heteroatoms. The first-order valence-electron chi connectivity index (χ1n) is 6.83. The van der Waals surface area contributed by atoms with E-state index in [1.807, 2.05) is 19.1 Å². The molecule has 1 N–H and O–H groups in total. The summed E-state index contributed by atoms with van der Waals surface area (Å²) in [6.07, 6.45) is 3.90. The summed E-state index contributed by atoms with van der Waals surface area (Å²) in [6.45, 7) is 3.10. The molecular formula is C14H20INO3. The summed E-state index contributed by atoms with van der Waals surface area (Å²) >= 11 is 2.17. The van der Waals surface area contributed by atoms with Gasteiger partial charge in [0.1, 0.15) is 5.76 Å². The minimum absolute atomic E-state index is 0.0264. The fraction of sp³-hybridized carbons (Fsp3) is 0.643. The smallest absolute Gasteiger partial charge is 0.308 e. The highest BCUT2D eigenvalue weighted by Crippen LogP contribution is 2.25. The SMILES string of the molecule is CCOC(=O)C1CCC(NCc2ccc(I)o2)CC1. The van der Waals surface area contributed by atoms with Gasteiger partial charge in [0.25, 0.3) is 0 Å². The van der Waals surface area contributed by atoms with Gasteiger partial charge >= 0.3 is 5.97 Å². The zero-order valence-electron chi connectivity index (χ0n) is 11.2. The van der Waals surface area contributed by atoms with Crippen LogP contribution >= 0.6 is 22.6 Å². The van der Waals surface area contributed by atoms with E-state index in [4.69, 9.17) is 9.15 Å². The van der Waals surface area contributed by atoms with Crippen molar-refractivity contribution in [3.05, 3.63) is 21.7 Å². The monoisotopic (exact) mass is 377 g/mol. The van der Waals surface area contributed by atoms with Gasteiger partial charge in [0.15, 0.2) is 3.77 Å². The third kappa shape index (κ3) is 4.49. The minimum atomic E-state index is -0.0264. The van der Waals surface area contributed by atoms with Crippen molar-refractivity contribution in [1.29, 1.82) is 0 Å². The zero-order chi connectivity index (χ0) is 13.7. The second-order valence-electron chi connectivity index (χ2n) is 4.89. The fourth-order valence-corrected chi connectivity index (χ4v) is 2.95. The molecule has 0 aliphatic heterocycles. The van der Waals surface area contributed by atoms with Crippen LogP contribution in [0.15, 0.2) is 16.5 Å². The van der Waals surface area contributed by atoms with E-state index in [9.17, 15) is 4.79 Å². The van der Waals surface area contributed by atoms with Crippen LogP contribution in [-0.4, -0.2) is 18.6 Å². The fourth-order valence-electron chi connectivity index (χ4n) is 2.49. The van der Waals surface area contributed by atoms with Crippen molar-refractivity contribution in [1.82, 2.24) is 5.32 Å². The van der Waals surface area contributed by atoms with Gasteiger partial charge in [-0.25, -0.2) is 0 Å². The Bertz CT molecular complexity index is 411. The van der Waals surface area contributed by atoms with E-state index in [2.05, 4.69) is 27.9 Å². The predicted octanol–water partition coefficient (Wildman–Crippen LogP) is 3.10.